The van der Waals surface area contributed by atoms with Gasteiger partial charge in [-0.05, 0) is 51.2 Å². The van der Waals surface area contributed by atoms with Crippen molar-refractivity contribution in [2.75, 3.05) is 32.3 Å². The number of nitrogens with one attached hydrogen (secondary N) is 1. The van der Waals surface area contributed by atoms with Crippen LogP contribution < -0.4 is 5.32 Å². The number of carbonyl (C=O) groups is 1. The van der Waals surface area contributed by atoms with Crippen molar-refractivity contribution >= 4 is 28.0 Å². The van der Waals surface area contributed by atoms with E-state index in [4.69, 9.17) is 14.5 Å². The van der Waals surface area contributed by atoms with E-state index in [1.807, 2.05) is 42.3 Å². The summed E-state index contributed by atoms with van der Waals surface area (Å²) in [6.07, 6.45) is 15.7. The van der Waals surface area contributed by atoms with Gasteiger partial charge in [-0.1, -0.05) is 25.3 Å². The Morgan fingerprint density at radius 3 is 2.67 bits per heavy atom. The van der Waals surface area contributed by atoms with Crippen molar-refractivity contribution in [2.24, 2.45) is 15.9 Å². The third kappa shape index (κ3) is 10.2. The summed E-state index contributed by atoms with van der Waals surface area (Å²) in [7, 11) is -1.59. The first-order valence-corrected chi connectivity index (χ1v) is 14.1. The number of hydrogen-bond donors (Lipinski definition) is 1. The molecule has 2 rings (SSSR count). The lowest BCUT2D eigenvalue weighted by Gasteiger charge is -2.26. The molecule has 36 heavy (non-hydrogen) atoms. The van der Waals surface area contributed by atoms with E-state index >= 15 is 0 Å². The van der Waals surface area contributed by atoms with E-state index in [0.717, 1.165) is 25.7 Å². The molecular weight excluding hydrogens is 480 g/mol. The molecule has 0 unspecified atom stereocenters. The highest BCUT2D eigenvalue weighted by Crippen LogP contribution is 2.27. The van der Waals surface area contributed by atoms with Crippen LogP contribution in [0.4, 0.5) is 0 Å². The number of hydrogen-bond acceptors (Lipinski definition) is 7. The minimum Gasteiger partial charge on any atom is -0.493 e. The summed E-state index contributed by atoms with van der Waals surface area (Å²) in [4.78, 5) is 22.8. The molecule has 0 radical (unpaired) electrons. The maximum atomic E-state index is 11.8. The Balaban J connectivity index is 1.98. The van der Waals surface area contributed by atoms with Gasteiger partial charge in [0.1, 0.15) is 21.4 Å². The predicted octanol–water partition coefficient (Wildman–Crippen LogP) is 3.50. The molecule has 0 bridgehead atoms. The van der Waals surface area contributed by atoms with Crippen molar-refractivity contribution in [1.29, 1.82) is 0 Å². The van der Waals surface area contributed by atoms with E-state index in [1.165, 1.54) is 13.4 Å². The van der Waals surface area contributed by atoms with E-state index in [0.29, 0.717) is 36.1 Å². The summed E-state index contributed by atoms with van der Waals surface area (Å²) in [6.45, 7) is 10.9. The van der Waals surface area contributed by atoms with Crippen LogP contribution in [0.3, 0.4) is 0 Å². The van der Waals surface area contributed by atoms with Gasteiger partial charge in [0.05, 0.1) is 31.4 Å². The topological polar surface area (TPSA) is 110 Å². The molecule has 198 valence electrons. The standard InChI is InChI=1S/C26H38N4O5S/c1-6-27-26(29-23-13-11-22(12-14-23)25(31)34-4)28-21(3)30-16-8-7-10-24(20(2)15-17-30)35-18-9-19-36(5,32)33/h6-8,10,15,17,22-23H,2-3,9,11-14,16,18-19H2,1,4-5H3,(H,28,29)/b8-7-,17-15-,24-10?,27-6?. The maximum Gasteiger partial charge on any atom is 0.308 e. The van der Waals surface area contributed by atoms with E-state index < -0.39 is 9.84 Å². The van der Waals surface area contributed by atoms with Crippen molar-refractivity contribution in [1.82, 2.24) is 10.2 Å². The SMILES string of the molecule is C=C1/C=C\N(C(=C)NC(N=CC)=NC2CCC(C(=O)OC)CC2)C/C=C\C=C1OCCCS(C)(=O)=O. The van der Waals surface area contributed by atoms with Crippen molar-refractivity contribution < 1.29 is 22.7 Å². The van der Waals surface area contributed by atoms with Crippen LogP contribution in [0.15, 0.2) is 70.8 Å². The summed E-state index contributed by atoms with van der Waals surface area (Å²) in [6, 6.07) is 0.0715. The van der Waals surface area contributed by atoms with E-state index in [-0.39, 0.29) is 30.3 Å². The molecule has 0 atom stereocenters. The Kier molecular flexibility index (Phi) is 11.7. The summed E-state index contributed by atoms with van der Waals surface area (Å²) in [5, 5.41) is 3.20. The van der Waals surface area contributed by atoms with Gasteiger partial charge in [0.25, 0.3) is 0 Å². The van der Waals surface area contributed by atoms with Crippen LogP contribution in [-0.2, 0) is 24.1 Å². The minimum atomic E-state index is -3.02. The van der Waals surface area contributed by atoms with E-state index in [9.17, 15) is 13.2 Å². The molecule has 0 spiro atoms. The smallest absolute Gasteiger partial charge is 0.308 e. The monoisotopic (exact) mass is 518 g/mol. The number of nitrogens with zero attached hydrogens (tertiary/aromatic N) is 3. The number of guanidine groups is 1. The number of allylic oxidation sites excluding steroid dienone is 3. The summed E-state index contributed by atoms with van der Waals surface area (Å²) in [5.41, 5.74) is 0.654. The van der Waals surface area contributed by atoms with Gasteiger partial charge in [0.15, 0.2) is 0 Å². The van der Waals surface area contributed by atoms with Crippen molar-refractivity contribution in [2.45, 2.75) is 45.1 Å². The van der Waals surface area contributed by atoms with Crippen molar-refractivity contribution in [3.63, 3.8) is 0 Å². The lowest BCUT2D eigenvalue weighted by molar-refractivity contribution is -0.146. The van der Waals surface area contributed by atoms with Gasteiger partial charge < -0.3 is 19.7 Å². The summed E-state index contributed by atoms with van der Waals surface area (Å²) >= 11 is 0. The normalized spacial score (nSPS) is 23.2. The molecule has 0 aromatic carbocycles. The van der Waals surface area contributed by atoms with Crippen LogP contribution in [0.25, 0.3) is 0 Å². The largest absolute Gasteiger partial charge is 0.493 e. The molecule has 0 amide bonds. The predicted molar refractivity (Wildman–Crippen MR) is 144 cm³/mol. The molecule has 1 fully saturated rings. The van der Waals surface area contributed by atoms with Crippen LogP contribution in [-0.4, -0.2) is 69.8 Å². The van der Waals surface area contributed by atoms with Gasteiger partial charge in [-0.15, -0.1) is 0 Å². The zero-order chi connectivity index (χ0) is 26.6. The van der Waals surface area contributed by atoms with Crippen LogP contribution >= 0.6 is 0 Å². The second kappa shape index (κ2) is 14.4. The second-order valence-electron chi connectivity index (χ2n) is 8.72. The van der Waals surface area contributed by atoms with Crippen LogP contribution in [0.2, 0.25) is 0 Å². The average molecular weight is 519 g/mol. The highest BCUT2D eigenvalue weighted by atomic mass is 32.2. The number of sulfone groups is 1. The molecule has 2 aliphatic rings. The Hall–Kier alpha value is -3.14. The third-order valence-corrected chi connectivity index (χ3v) is 6.80. The van der Waals surface area contributed by atoms with Gasteiger partial charge in [-0.3, -0.25) is 4.79 Å². The van der Waals surface area contributed by atoms with Gasteiger partial charge in [0, 0.05) is 30.8 Å². The molecule has 0 aromatic heterocycles. The van der Waals surface area contributed by atoms with E-state index in [1.54, 1.807) is 6.21 Å². The number of carbonyl (C=O) groups excluding carboxylic acids is 1. The number of methoxy groups -OCH3 is 1. The zero-order valence-electron chi connectivity index (χ0n) is 21.5. The van der Waals surface area contributed by atoms with Gasteiger partial charge >= 0.3 is 5.97 Å². The molecule has 1 saturated carbocycles. The molecule has 9 nitrogen and oxygen atoms in total. The summed E-state index contributed by atoms with van der Waals surface area (Å²) < 4.78 is 33.2. The fourth-order valence-corrected chi connectivity index (χ4v) is 4.45. The first kappa shape index (κ1) is 29.1. The fourth-order valence-electron chi connectivity index (χ4n) is 3.81. The average Bonchev–Trinajstić information content (AvgIpc) is 2.92. The van der Waals surface area contributed by atoms with E-state index in [2.05, 4.69) is 23.5 Å². The van der Waals surface area contributed by atoms with Crippen molar-refractivity contribution in [3.05, 3.63) is 60.8 Å². The van der Waals surface area contributed by atoms with Gasteiger partial charge in [-0.25, -0.2) is 18.4 Å². The minimum absolute atomic E-state index is 0.0559. The zero-order valence-corrected chi connectivity index (χ0v) is 22.3. The molecular formula is C26H38N4O5S. The van der Waals surface area contributed by atoms with Crippen LogP contribution in [0.1, 0.15) is 39.0 Å². The summed E-state index contributed by atoms with van der Waals surface area (Å²) in [5.74, 6) is 1.51. The lowest BCUT2D eigenvalue weighted by Crippen LogP contribution is -2.33. The van der Waals surface area contributed by atoms with Crippen LogP contribution in [0, 0.1) is 5.92 Å². The third-order valence-electron chi connectivity index (χ3n) is 5.77. The Labute approximate surface area is 215 Å². The maximum absolute atomic E-state index is 11.8. The highest BCUT2D eigenvalue weighted by Gasteiger charge is 2.27. The molecule has 0 saturated heterocycles. The number of ether oxygens (including phenoxy) is 2. The Morgan fingerprint density at radius 1 is 1.31 bits per heavy atom. The highest BCUT2D eigenvalue weighted by molar-refractivity contribution is 7.90. The quantitative estimate of drug-likeness (QED) is 0.215. The van der Waals surface area contributed by atoms with Gasteiger partial charge in [-0.2, -0.15) is 0 Å². The second-order valence-corrected chi connectivity index (χ2v) is 11.0. The first-order valence-electron chi connectivity index (χ1n) is 12.0. The van der Waals surface area contributed by atoms with Crippen molar-refractivity contribution in [3.8, 4) is 0 Å². The molecule has 1 N–H and O–H groups in total. The molecule has 0 aromatic rings. The molecule has 10 heteroatoms. The Bertz CT molecular complexity index is 1050. The number of rotatable bonds is 9. The van der Waals surface area contributed by atoms with Gasteiger partial charge in [0.2, 0.25) is 5.96 Å². The fraction of sp³-hybridized carbons (Fsp3) is 0.500. The number of aliphatic imine (C=N–C) groups is 2. The molecule has 1 aliphatic carbocycles. The number of esters is 1. The lowest BCUT2D eigenvalue weighted by atomic mass is 9.86. The Morgan fingerprint density at radius 2 is 2.03 bits per heavy atom. The molecule has 1 heterocycles. The first-order chi connectivity index (χ1) is 17.1. The molecule has 1 aliphatic heterocycles. The van der Waals surface area contributed by atoms with Crippen LogP contribution in [0.5, 0.6) is 0 Å².